The number of methoxy groups -OCH3 is 1. The topological polar surface area (TPSA) is 76.1 Å². The molecule has 1 atom stereocenters. The van der Waals surface area contributed by atoms with Crippen LogP contribution in [-0.4, -0.2) is 43.6 Å². The molecule has 0 unspecified atom stereocenters. The van der Waals surface area contributed by atoms with Gasteiger partial charge in [-0.3, -0.25) is 4.90 Å². The van der Waals surface area contributed by atoms with Crippen molar-refractivity contribution in [3.63, 3.8) is 0 Å². The summed E-state index contributed by atoms with van der Waals surface area (Å²) in [5.41, 5.74) is -4.25. The zero-order valence-corrected chi connectivity index (χ0v) is 13.4. The van der Waals surface area contributed by atoms with Crippen molar-refractivity contribution in [2.24, 2.45) is 0 Å². The Morgan fingerprint density at radius 2 is 1.71 bits per heavy atom. The Morgan fingerprint density at radius 3 is 2.08 bits per heavy atom. The third-order valence-electron chi connectivity index (χ3n) is 3.29. The lowest BCUT2D eigenvalue weighted by Crippen LogP contribution is -2.49. The van der Waals surface area contributed by atoms with Gasteiger partial charge in [0.1, 0.15) is 0 Å². The molecule has 1 amide bonds. The number of alkyl halides is 3. The summed E-state index contributed by atoms with van der Waals surface area (Å²) in [6.07, 6.45) is -5.93. The van der Waals surface area contributed by atoms with E-state index >= 15 is 0 Å². The number of aliphatic hydroxyl groups is 1. The number of carbonyl (C=O) groups excluding carboxylic acids is 2. The Hall–Kier alpha value is -2.29. The van der Waals surface area contributed by atoms with E-state index in [0.717, 1.165) is 19.2 Å². The molecule has 24 heavy (non-hydrogen) atoms. The second kappa shape index (κ2) is 7.52. The second-order valence-corrected chi connectivity index (χ2v) is 4.69. The Labute approximate surface area is 136 Å². The summed E-state index contributed by atoms with van der Waals surface area (Å²) in [4.78, 5) is 24.4. The van der Waals surface area contributed by atoms with Crippen LogP contribution in [0.2, 0.25) is 0 Å². The van der Waals surface area contributed by atoms with Gasteiger partial charge in [-0.05, 0) is 26.0 Å². The Balaban J connectivity index is 3.25. The number of amides is 1. The van der Waals surface area contributed by atoms with Gasteiger partial charge in [0.05, 0.1) is 13.7 Å². The zero-order chi connectivity index (χ0) is 18.5. The van der Waals surface area contributed by atoms with Crippen molar-refractivity contribution >= 4 is 17.7 Å². The third kappa shape index (κ3) is 3.61. The highest BCUT2D eigenvalue weighted by Crippen LogP contribution is 2.40. The number of hydrogen-bond acceptors (Lipinski definition) is 5. The molecule has 9 heteroatoms. The van der Waals surface area contributed by atoms with Crippen LogP contribution in [0.25, 0.3) is 0 Å². The minimum Gasteiger partial charge on any atom is -0.466 e. The quantitative estimate of drug-likeness (QED) is 0.827. The largest absolute Gasteiger partial charge is 0.466 e. The molecule has 1 aromatic carbocycles. The molecular weight excluding hydrogens is 331 g/mol. The van der Waals surface area contributed by atoms with Crippen molar-refractivity contribution < 1.29 is 37.3 Å². The first kappa shape index (κ1) is 19.8. The summed E-state index contributed by atoms with van der Waals surface area (Å²) < 4.78 is 48.4. The fourth-order valence-electron chi connectivity index (χ4n) is 2.05. The molecule has 0 spiro atoms. The molecule has 0 aliphatic heterocycles. The molecule has 0 aromatic heterocycles. The summed E-state index contributed by atoms with van der Waals surface area (Å²) in [6.45, 7) is 3.64. The van der Waals surface area contributed by atoms with Gasteiger partial charge < -0.3 is 14.6 Å². The van der Waals surface area contributed by atoms with Crippen molar-refractivity contribution in [3.8, 4) is 0 Å². The van der Waals surface area contributed by atoms with Gasteiger partial charge in [0.25, 0.3) is 5.60 Å². The maximum absolute atomic E-state index is 13.1. The molecule has 0 saturated heterocycles. The molecule has 0 saturated carbocycles. The molecule has 134 valence electrons. The first-order valence-corrected chi connectivity index (χ1v) is 7.05. The van der Waals surface area contributed by atoms with Crippen LogP contribution in [0.1, 0.15) is 19.4 Å². The number of ether oxygens (including phenoxy) is 2. The summed E-state index contributed by atoms with van der Waals surface area (Å²) in [5.74, 6) is -1.85. The number of anilines is 1. The number of carbonyl (C=O) groups is 2. The van der Waals surface area contributed by atoms with Crippen molar-refractivity contribution in [1.29, 1.82) is 0 Å². The molecule has 1 rings (SSSR count). The van der Waals surface area contributed by atoms with Gasteiger partial charge >= 0.3 is 18.2 Å². The summed E-state index contributed by atoms with van der Waals surface area (Å²) in [7, 11) is 0.743. The van der Waals surface area contributed by atoms with Gasteiger partial charge in [-0.15, -0.1) is 0 Å². The summed E-state index contributed by atoms with van der Waals surface area (Å²) >= 11 is 0. The van der Waals surface area contributed by atoms with E-state index < -0.39 is 29.4 Å². The van der Waals surface area contributed by atoms with E-state index in [9.17, 15) is 27.9 Å². The van der Waals surface area contributed by atoms with Gasteiger partial charge in [-0.25, -0.2) is 9.59 Å². The average Bonchev–Trinajstić information content (AvgIpc) is 2.53. The maximum Gasteiger partial charge on any atom is 0.432 e. The van der Waals surface area contributed by atoms with E-state index in [2.05, 4.69) is 4.74 Å². The van der Waals surface area contributed by atoms with Gasteiger partial charge in [-0.1, -0.05) is 12.1 Å². The normalized spacial score (nSPS) is 13.8. The lowest BCUT2D eigenvalue weighted by molar-refractivity contribution is -0.266. The number of hydrogen-bond donors (Lipinski definition) is 1. The zero-order valence-electron chi connectivity index (χ0n) is 13.4. The number of nitrogens with zero attached hydrogens (tertiary/aromatic N) is 1. The fourth-order valence-corrected chi connectivity index (χ4v) is 2.05. The summed E-state index contributed by atoms with van der Waals surface area (Å²) in [5, 5.41) is 9.86. The lowest BCUT2D eigenvalue weighted by atomic mass is 9.93. The monoisotopic (exact) mass is 349 g/mol. The number of esters is 1. The SMILES string of the molecule is CCOC(=O)N(CC)c1ccc([C@@](O)(C(=O)OC)C(F)(F)F)cc1. The molecule has 0 heterocycles. The van der Waals surface area contributed by atoms with Crippen molar-refractivity contribution in [1.82, 2.24) is 0 Å². The third-order valence-corrected chi connectivity index (χ3v) is 3.29. The first-order chi connectivity index (χ1) is 11.1. The van der Waals surface area contributed by atoms with E-state index in [1.165, 1.54) is 17.0 Å². The molecule has 0 aliphatic rings. The highest BCUT2D eigenvalue weighted by Gasteiger charge is 2.62. The van der Waals surface area contributed by atoms with Crippen LogP contribution in [0.5, 0.6) is 0 Å². The van der Waals surface area contributed by atoms with E-state index in [4.69, 9.17) is 4.74 Å². The second-order valence-electron chi connectivity index (χ2n) is 4.69. The Morgan fingerprint density at radius 1 is 1.17 bits per heavy atom. The van der Waals surface area contributed by atoms with E-state index in [1.54, 1.807) is 13.8 Å². The predicted molar refractivity (Wildman–Crippen MR) is 78.5 cm³/mol. The van der Waals surface area contributed by atoms with E-state index in [-0.39, 0.29) is 18.8 Å². The van der Waals surface area contributed by atoms with Gasteiger partial charge in [-0.2, -0.15) is 13.2 Å². The van der Waals surface area contributed by atoms with Crippen LogP contribution in [0, 0.1) is 0 Å². The molecule has 0 bridgehead atoms. The average molecular weight is 349 g/mol. The van der Waals surface area contributed by atoms with Crippen LogP contribution in [0.4, 0.5) is 23.7 Å². The van der Waals surface area contributed by atoms with Crippen molar-refractivity contribution in [2.75, 3.05) is 25.2 Å². The van der Waals surface area contributed by atoms with Crippen molar-refractivity contribution in [2.45, 2.75) is 25.6 Å². The smallest absolute Gasteiger partial charge is 0.432 e. The van der Waals surface area contributed by atoms with Crippen LogP contribution in [0.3, 0.4) is 0 Å². The Bertz CT molecular complexity index is 588. The van der Waals surface area contributed by atoms with Crippen LogP contribution >= 0.6 is 0 Å². The molecule has 0 aliphatic carbocycles. The van der Waals surface area contributed by atoms with Gasteiger partial charge in [0.15, 0.2) is 0 Å². The van der Waals surface area contributed by atoms with Crippen LogP contribution in [0.15, 0.2) is 24.3 Å². The predicted octanol–water partition coefficient (Wildman–Crippen LogP) is 2.59. The highest BCUT2D eigenvalue weighted by molar-refractivity contribution is 5.88. The van der Waals surface area contributed by atoms with Crippen LogP contribution < -0.4 is 4.90 Å². The lowest BCUT2D eigenvalue weighted by Gasteiger charge is -2.28. The minimum atomic E-state index is -5.27. The summed E-state index contributed by atoms with van der Waals surface area (Å²) in [6, 6.07) is 4.16. The maximum atomic E-state index is 13.1. The van der Waals surface area contributed by atoms with Crippen molar-refractivity contribution in [3.05, 3.63) is 29.8 Å². The highest BCUT2D eigenvalue weighted by atomic mass is 19.4. The van der Waals surface area contributed by atoms with E-state index in [1.807, 2.05) is 0 Å². The molecule has 1 N–H and O–H groups in total. The van der Waals surface area contributed by atoms with Crippen LogP contribution in [-0.2, 0) is 19.9 Å². The Kier molecular flexibility index (Phi) is 6.19. The molecular formula is C15H18F3NO5. The van der Waals surface area contributed by atoms with Gasteiger partial charge in [0.2, 0.25) is 0 Å². The standard InChI is InChI=1S/C15H18F3NO5/c1-4-19(13(21)24-5-2)11-8-6-10(7-9-11)14(22,12(20)23-3)15(16,17)18/h6-9,22H,4-5H2,1-3H3/t14-/m1/s1. The molecule has 0 radical (unpaired) electrons. The first-order valence-electron chi connectivity index (χ1n) is 7.05. The number of rotatable bonds is 5. The number of benzene rings is 1. The molecule has 6 nitrogen and oxygen atoms in total. The minimum absolute atomic E-state index is 0.142. The molecule has 0 fully saturated rings. The number of halogens is 3. The molecule has 1 aromatic rings. The fraction of sp³-hybridized carbons (Fsp3) is 0.467. The van der Waals surface area contributed by atoms with E-state index in [0.29, 0.717) is 0 Å². The van der Waals surface area contributed by atoms with Gasteiger partial charge in [0, 0.05) is 17.8 Å².